The van der Waals surface area contributed by atoms with Gasteiger partial charge in [-0.1, -0.05) is 22.0 Å². The van der Waals surface area contributed by atoms with Crippen LogP contribution in [-0.4, -0.2) is 48.3 Å². The molecule has 2 rings (SSSR count). The van der Waals surface area contributed by atoms with Crippen LogP contribution < -0.4 is 0 Å². The van der Waals surface area contributed by atoms with Gasteiger partial charge in [-0.05, 0) is 18.2 Å². The van der Waals surface area contributed by atoms with Crippen LogP contribution in [-0.2, 0) is 4.79 Å². The third-order valence-corrected chi connectivity index (χ3v) is 3.32. The van der Waals surface area contributed by atoms with E-state index in [2.05, 4.69) is 15.9 Å². The maximum atomic E-state index is 12.1. The lowest BCUT2D eigenvalue weighted by molar-refractivity contribution is -0.119. The van der Waals surface area contributed by atoms with Gasteiger partial charge in [0.1, 0.15) is 0 Å². The topological polar surface area (TPSA) is 40.6 Å². The lowest BCUT2D eigenvalue weighted by Gasteiger charge is -2.32. The first kappa shape index (κ1) is 12.1. The third-order valence-electron chi connectivity index (χ3n) is 2.82. The third kappa shape index (κ3) is 2.85. The van der Waals surface area contributed by atoms with Crippen molar-refractivity contribution in [3.8, 4) is 0 Å². The van der Waals surface area contributed by atoms with Crippen LogP contribution >= 0.6 is 15.9 Å². The average molecular weight is 297 g/mol. The van der Waals surface area contributed by atoms with E-state index in [1.165, 1.54) is 0 Å². The van der Waals surface area contributed by atoms with E-state index < -0.39 is 0 Å². The summed E-state index contributed by atoms with van der Waals surface area (Å²) in [7, 11) is 0. The minimum absolute atomic E-state index is 0.0249. The van der Waals surface area contributed by atoms with Crippen LogP contribution in [0.4, 0.5) is 0 Å². The fourth-order valence-electron chi connectivity index (χ4n) is 1.83. The van der Waals surface area contributed by atoms with Gasteiger partial charge in [-0.25, -0.2) is 0 Å². The Morgan fingerprint density at radius 1 is 1.24 bits per heavy atom. The highest BCUT2D eigenvalue weighted by molar-refractivity contribution is 9.10. The highest BCUT2D eigenvalue weighted by Gasteiger charge is 2.21. The summed E-state index contributed by atoms with van der Waals surface area (Å²) in [6.45, 7) is 2.43. The molecular weight excluding hydrogens is 284 g/mol. The minimum atomic E-state index is 0.0249. The minimum Gasteiger partial charge on any atom is -0.342 e. The van der Waals surface area contributed by atoms with Gasteiger partial charge in [-0.15, -0.1) is 0 Å². The second-order valence-corrected chi connectivity index (χ2v) is 4.86. The zero-order valence-corrected chi connectivity index (χ0v) is 10.9. The first-order valence-electron chi connectivity index (χ1n) is 5.45. The number of amides is 2. The lowest BCUT2D eigenvalue weighted by atomic mass is 10.2. The highest BCUT2D eigenvalue weighted by Crippen LogP contribution is 2.14. The standard InChI is InChI=1S/C12H13BrN2O2/c13-11-3-1-2-10(8-11)12(17)15-6-4-14(9-16)5-7-15/h1-3,8-9H,4-7H2. The first-order chi connectivity index (χ1) is 8.20. The second-order valence-electron chi connectivity index (χ2n) is 3.94. The predicted molar refractivity (Wildman–Crippen MR) is 67.7 cm³/mol. The largest absolute Gasteiger partial charge is 0.342 e. The van der Waals surface area contributed by atoms with Gasteiger partial charge in [0.25, 0.3) is 5.91 Å². The lowest BCUT2D eigenvalue weighted by Crippen LogP contribution is -2.48. The van der Waals surface area contributed by atoms with Crippen molar-refractivity contribution in [1.29, 1.82) is 0 Å². The summed E-state index contributed by atoms with van der Waals surface area (Å²) < 4.78 is 0.898. The van der Waals surface area contributed by atoms with E-state index in [4.69, 9.17) is 0 Å². The predicted octanol–water partition coefficient (Wildman–Crippen LogP) is 1.36. The van der Waals surface area contributed by atoms with Gasteiger partial charge < -0.3 is 9.80 Å². The normalized spacial score (nSPS) is 15.8. The van der Waals surface area contributed by atoms with E-state index in [0.717, 1.165) is 10.9 Å². The van der Waals surface area contributed by atoms with Crippen LogP contribution in [0.2, 0.25) is 0 Å². The molecule has 90 valence electrons. The van der Waals surface area contributed by atoms with Crippen LogP contribution in [0.5, 0.6) is 0 Å². The number of piperazine rings is 1. The van der Waals surface area contributed by atoms with Crippen molar-refractivity contribution < 1.29 is 9.59 Å². The van der Waals surface area contributed by atoms with E-state index in [9.17, 15) is 9.59 Å². The molecular formula is C12H13BrN2O2. The molecule has 1 heterocycles. The zero-order chi connectivity index (χ0) is 12.3. The summed E-state index contributed by atoms with van der Waals surface area (Å²) in [6.07, 6.45) is 0.834. The first-order valence-corrected chi connectivity index (χ1v) is 6.24. The highest BCUT2D eigenvalue weighted by atomic mass is 79.9. The molecule has 0 aromatic heterocycles. The van der Waals surface area contributed by atoms with Crippen molar-refractivity contribution in [1.82, 2.24) is 9.80 Å². The van der Waals surface area contributed by atoms with Gasteiger partial charge in [0.05, 0.1) is 0 Å². The Kier molecular flexibility index (Phi) is 3.78. The van der Waals surface area contributed by atoms with Crippen LogP contribution in [0.15, 0.2) is 28.7 Å². The second kappa shape index (κ2) is 5.31. The number of halogens is 1. The van der Waals surface area contributed by atoms with Crippen molar-refractivity contribution in [2.45, 2.75) is 0 Å². The van der Waals surface area contributed by atoms with Crippen molar-refractivity contribution in [3.63, 3.8) is 0 Å². The smallest absolute Gasteiger partial charge is 0.254 e. The monoisotopic (exact) mass is 296 g/mol. The zero-order valence-electron chi connectivity index (χ0n) is 9.30. The molecule has 1 aliphatic rings. The summed E-state index contributed by atoms with van der Waals surface area (Å²) in [6, 6.07) is 7.35. The fourth-order valence-corrected chi connectivity index (χ4v) is 2.23. The quantitative estimate of drug-likeness (QED) is 0.773. The number of rotatable bonds is 2. The van der Waals surface area contributed by atoms with E-state index in [-0.39, 0.29) is 5.91 Å². The Morgan fingerprint density at radius 2 is 1.94 bits per heavy atom. The molecule has 4 nitrogen and oxygen atoms in total. The summed E-state index contributed by atoms with van der Waals surface area (Å²) in [4.78, 5) is 26.2. The van der Waals surface area contributed by atoms with Crippen molar-refractivity contribution >= 4 is 28.2 Å². The molecule has 0 radical (unpaired) electrons. The summed E-state index contributed by atoms with van der Waals surface area (Å²) >= 11 is 3.35. The Hall–Kier alpha value is -1.36. The summed E-state index contributed by atoms with van der Waals surface area (Å²) in [5, 5.41) is 0. The van der Waals surface area contributed by atoms with Crippen LogP contribution in [0.1, 0.15) is 10.4 Å². The number of benzene rings is 1. The number of hydrogen-bond donors (Lipinski definition) is 0. The SMILES string of the molecule is O=CN1CCN(C(=O)c2cccc(Br)c2)CC1. The average Bonchev–Trinajstić information content (AvgIpc) is 2.38. The van der Waals surface area contributed by atoms with Crippen LogP contribution in [0.3, 0.4) is 0 Å². The molecule has 0 N–H and O–H groups in total. The van der Waals surface area contributed by atoms with Crippen LogP contribution in [0, 0.1) is 0 Å². The van der Waals surface area contributed by atoms with E-state index in [1.807, 2.05) is 18.2 Å². The molecule has 1 aliphatic heterocycles. The van der Waals surface area contributed by atoms with Gasteiger partial charge in [-0.2, -0.15) is 0 Å². The van der Waals surface area contributed by atoms with Gasteiger partial charge in [-0.3, -0.25) is 9.59 Å². The van der Waals surface area contributed by atoms with Gasteiger partial charge >= 0.3 is 0 Å². The Balaban J connectivity index is 2.04. The molecule has 1 aromatic carbocycles. The van der Waals surface area contributed by atoms with E-state index in [0.29, 0.717) is 31.7 Å². The molecule has 0 unspecified atom stereocenters. The molecule has 0 bridgehead atoms. The maximum absolute atomic E-state index is 12.1. The molecule has 1 aromatic rings. The molecule has 17 heavy (non-hydrogen) atoms. The molecule has 0 spiro atoms. The Labute approximate surface area is 108 Å². The fraction of sp³-hybridized carbons (Fsp3) is 0.333. The van der Waals surface area contributed by atoms with Gasteiger partial charge in [0.2, 0.25) is 6.41 Å². The van der Waals surface area contributed by atoms with E-state index >= 15 is 0 Å². The number of nitrogens with zero attached hydrogens (tertiary/aromatic N) is 2. The number of carbonyl (C=O) groups is 2. The molecule has 1 saturated heterocycles. The van der Waals surface area contributed by atoms with Crippen molar-refractivity contribution in [3.05, 3.63) is 34.3 Å². The molecule has 1 fully saturated rings. The molecule has 0 atom stereocenters. The summed E-state index contributed by atoms with van der Waals surface area (Å²) in [5.41, 5.74) is 0.680. The number of carbonyl (C=O) groups excluding carboxylic acids is 2. The van der Waals surface area contributed by atoms with Crippen molar-refractivity contribution in [2.75, 3.05) is 26.2 Å². The molecule has 2 amide bonds. The van der Waals surface area contributed by atoms with Crippen molar-refractivity contribution in [2.24, 2.45) is 0 Å². The molecule has 0 aliphatic carbocycles. The molecule has 0 saturated carbocycles. The maximum Gasteiger partial charge on any atom is 0.254 e. The summed E-state index contributed by atoms with van der Waals surface area (Å²) in [5.74, 6) is 0.0249. The van der Waals surface area contributed by atoms with E-state index in [1.54, 1.807) is 15.9 Å². The van der Waals surface area contributed by atoms with Gasteiger partial charge in [0, 0.05) is 36.2 Å². The Bertz CT molecular complexity index is 428. The number of hydrogen-bond acceptors (Lipinski definition) is 2. The Morgan fingerprint density at radius 3 is 2.53 bits per heavy atom. The molecule has 5 heteroatoms. The van der Waals surface area contributed by atoms with Crippen LogP contribution in [0.25, 0.3) is 0 Å². The van der Waals surface area contributed by atoms with Gasteiger partial charge in [0.15, 0.2) is 0 Å².